The van der Waals surface area contributed by atoms with Gasteiger partial charge in [0.25, 0.3) is 11.4 Å². The van der Waals surface area contributed by atoms with E-state index in [-0.39, 0.29) is 25.3 Å². The van der Waals surface area contributed by atoms with Crippen LogP contribution in [-0.4, -0.2) is 35.1 Å². The van der Waals surface area contributed by atoms with Crippen molar-refractivity contribution in [3.8, 4) is 0 Å². The van der Waals surface area contributed by atoms with Gasteiger partial charge in [0.2, 0.25) is 0 Å². The molecule has 0 aliphatic carbocycles. The van der Waals surface area contributed by atoms with Crippen LogP contribution in [-0.2, 0) is 10.9 Å². The van der Waals surface area contributed by atoms with Gasteiger partial charge < -0.3 is 9.64 Å². The second-order valence-corrected chi connectivity index (χ2v) is 5.54. The van der Waals surface area contributed by atoms with Crippen LogP contribution in [0.1, 0.15) is 19.4 Å². The predicted octanol–water partition coefficient (Wildman–Crippen LogP) is 3.14. The van der Waals surface area contributed by atoms with Crippen molar-refractivity contribution in [3.63, 3.8) is 0 Å². The Hall–Kier alpha value is -2.43. The molecule has 1 aliphatic heterocycles. The van der Waals surface area contributed by atoms with Crippen molar-refractivity contribution in [2.24, 2.45) is 0 Å². The number of hydrogen-bond acceptors (Lipinski definition) is 6. The molecule has 0 radical (unpaired) electrons. The molecule has 1 aliphatic rings. The first-order valence-corrected chi connectivity index (χ1v) is 6.95. The van der Waals surface area contributed by atoms with Crippen LogP contribution in [0.2, 0.25) is 0 Å². The fourth-order valence-corrected chi connectivity index (χ4v) is 2.73. The standard InChI is InChI=1S/C13H14F3N3O5/c1-7-5-17(6-8(2)24-7)12-10(18(20)21)3-9(13(14,15)16)4-11(12)19(22)23/h3-4,7-8H,5-6H2,1-2H3/t7-,8+. The number of nitrogens with zero attached hydrogens (tertiary/aromatic N) is 3. The number of benzene rings is 1. The van der Waals surface area contributed by atoms with E-state index >= 15 is 0 Å². The fraction of sp³-hybridized carbons (Fsp3) is 0.538. The highest BCUT2D eigenvalue weighted by molar-refractivity contribution is 5.76. The first-order chi connectivity index (χ1) is 11.0. The molecule has 0 unspecified atom stereocenters. The second kappa shape index (κ2) is 6.23. The molecule has 0 saturated carbocycles. The number of ether oxygens (including phenoxy) is 1. The summed E-state index contributed by atoms with van der Waals surface area (Å²) in [4.78, 5) is 21.7. The summed E-state index contributed by atoms with van der Waals surface area (Å²) in [6.07, 6.45) is -5.69. The lowest BCUT2D eigenvalue weighted by molar-refractivity contribution is -0.393. The summed E-state index contributed by atoms with van der Waals surface area (Å²) in [6.45, 7) is 3.53. The Labute approximate surface area is 134 Å². The van der Waals surface area contributed by atoms with E-state index in [1.165, 1.54) is 4.90 Å². The quantitative estimate of drug-likeness (QED) is 0.614. The summed E-state index contributed by atoms with van der Waals surface area (Å²) >= 11 is 0. The van der Waals surface area contributed by atoms with Crippen LogP contribution in [0.25, 0.3) is 0 Å². The molecular weight excluding hydrogens is 335 g/mol. The van der Waals surface area contributed by atoms with E-state index in [4.69, 9.17) is 4.74 Å². The lowest BCUT2D eigenvalue weighted by Gasteiger charge is -2.36. The number of halogens is 3. The van der Waals surface area contributed by atoms with E-state index < -0.39 is 38.6 Å². The van der Waals surface area contributed by atoms with Gasteiger partial charge in [-0.1, -0.05) is 0 Å². The molecule has 1 saturated heterocycles. The zero-order valence-electron chi connectivity index (χ0n) is 12.7. The van der Waals surface area contributed by atoms with Crippen LogP contribution in [0.15, 0.2) is 12.1 Å². The van der Waals surface area contributed by atoms with Gasteiger partial charge in [-0.25, -0.2) is 0 Å². The summed E-state index contributed by atoms with van der Waals surface area (Å²) in [5, 5.41) is 22.5. The van der Waals surface area contributed by atoms with Gasteiger partial charge >= 0.3 is 6.18 Å². The van der Waals surface area contributed by atoms with E-state index in [9.17, 15) is 33.4 Å². The van der Waals surface area contributed by atoms with Crippen LogP contribution < -0.4 is 4.90 Å². The Morgan fingerprint density at radius 2 is 1.50 bits per heavy atom. The average Bonchev–Trinajstić information content (AvgIpc) is 2.43. The Balaban J connectivity index is 2.68. The van der Waals surface area contributed by atoms with Gasteiger partial charge in [0.05, 0.1) is 27.6 Å². The van der Waals surface area contributed by atoms with Crippen LogP contribution >= 0.6 is 0 Å². The first-order valence-electron chi connectivity index (χ1n) is 6.95. The minimum Gasteiger partial charge on any atom is -0.372 e. The van der Waals surface area contributed by atoms with Gasteiger partial charge in [-0.15, -0.1) is 0 Å². The fourth-order valence-electron chi connectivity index (χ4n) is 2.73. The van der Waals surface area contributed by atoms with Crippen molar-refractivity contribution in [2.75, 3.05) is 18.0 Å². The topological polar surface area (TPSA) is 98.8 Å². The van der Waals surface area contributed by atoms with Gasteiger partial charge in [0.15, 0.2) is 5.69 Å². The lowest BCUT2D eigenvalue weighted by atomic mass is 10.1. The largest absolute Gasteiger partial charge is 0.416 e. The van der Waals surface area contributed by atoms with E-state index in [0.717, 1.165) is 0 Å². The molecule has 1 heterocycles. The molecule has 24 heavy (non-hydrogen) atoms. The lowest BCUT2D eigenvalue weighted by Crippen LogP contribution is -2.46. The van der Waals surface area contributed by atoms with Gasteiger partial charge in [0, 0.05) is 25.2 Å². The number of alkyl halides is 3. The molecule has 11 heteroatoms. The Morgan fingerprint density at radius 1 is 1.08 bits per heavy atom. The number of morpholine rings is 1. The number of nitro benzene ring substituents is 2. The molecule has 0 N–H and O–H groups in total. The number of anilines is 1. The predicted molar refractivity (Wildman–Crippen MR) is 77.0 cm³/mol. The molecule has 0 bridgehead atoms. The molecule has 132 valence electrons. The van der Waals surface area contributed by atoms with Crippen LogP contribution in [0.3, 0.4) is 0 Å². The monoisotopic (exact) mass is 349 g/mol. The summed E-state index contributed by atoms with van der Waals surface area (Å²) in [7, 11) is 0. The van der Waals surface area contributed by atoms with E-state index in [0.29, 0.717) is 12.1 Å². The highest BCUT2D eigenvalue weighted by atomic mass is 19.4. The zero-order valence-corrected chi connectivity index (χ0v) is 12.7. The summed E-state index contributed by atoms with van der Waals surface area (Å²) in [5.74, 6) is 0. The summed E-state index contributed by atoms with van der Waals surface area (Å²) in [5.41, 5.74) is -3.75. The molecule has 2 atom stereocenters. The highest BCUT2D eigenvalue weighted by Crippen LogP contribution is 2.43. The van der Waals surface area contributed by atoms with Crippen LogP contribution in [0.4, 0.5) is 30.2 Å². The summed E-state index contributed by atoms with van der Waals surface area (Å²) in [6, 6.07) is 0.653. The SMILES string of the molecule is C[C@@H]1CN(c2c([N+](=O)[O-])cc(C(F)(F)F)cc2[N+](=O)[O-])C[C@H](C)O1. The van der Waals surface area contributed by atoms with Crippen molar-refractivity contribution in [2.45, 2.75) is 32.2 Å². The van der Waals surface area contributed by atoms with Gasteiger partial charge in [-0.3, -0.25) is 20.2 Å². The minimum atomic E-state index is -4.93. The number of nitro groups is 2. The van der Waals surface area contributed by atoms with E-state index in [2.05, 4.69) is 0 Å². The average molecular weight is 349 g/mol. The third-order valence-electron chi connectivity index (χ3n) is 3.53. The maximum absolute atomic E-state index is 12.9. The molecule has 1 fully saturated rings. The molecule has 8 nitrogen and oxygen atoms in total. The first kappa shape index (κ1) is 17.9. The number of hydrogen-bond donors (Lipinski definition) is 0. The van der Waals surface area contributed by atoms with Gasteiger partial charge in [0.1, 0.15) is 0 Å². The molecule has 0 amide bonds. The van der Waals surface area contributed by atoms with Crippen molar-refractivity contribution in [3.05, 3.63) is 37.9 Å². The molecule has 1 aromatic rings. The van der Waals surface area contributed by atoms with E-state index in [1.54, 1.807) is 13.8 Å². The third-order valence-corrected chi connectivity index (χ3v) is 3.53. The van der Waals surface area contributed by atoms with Crippen molar-refractivity contribution >= 4 is 17.1 Å². The molecule has 0 spiro atoms. The maximum atomic E-state index is 12.9. The number of rotatable bonds is 3. The van der Waals surface area contributed by atoms with Gasteiger partial charge in [-0.2, -0.15) is 13.2 Å². The normalized spacial score (nSPS) is 21.6. The Bertz CT molecular complexity index is 634. The van der Waals surface area contributed by atoms with Gasteiger partial charge in [-0.05, 0) is 13.8 Å². The maximum Gasteiger partial charge on any atom is 0.416 e. The van der Waals surface area contributed by atoms with Crippen LogP contribution in [0, 0.1) is 20.2 Å². The minimum absolute atomic E-state index is 0.0946. The summed E-state index contributed by atoms with van der Waals surface area (Å²) < 4.78 is 44.1. The molecule has 0 aromatic heterocycles. The Morgan fingerprint density at radius 3 is 1.83 bits per heavy atom. The van der Waals surface area contributed by atoms with E-state index in [1.807, 2.05) is 0 Å². The van der Waals surface area contributed by atoms with Crippen molar-refractivity contribution < 1.29 is 27.8 Å². The third kappa shape index (κ3) is 3.55. The molecule has 1 aromatic carbocycles. The smallest absolute Gasteiger partial charge is 0.372 e. The molecule has 2 rings (SSSR count). The van der Waals surface area contributed by atoms with Crippen LogP contribution in [0.5, 0.6) is 0 Å². The zero-order chi connectivity index (χ0) is 18.2. The second-order valence-electron chi connectivity index (χ2n) is 5.54. The molecular formula is C13H14F3N3O5. The Kier molecular flexibility index (Phi) is 4.65. The van der Waals surface area contributed by atoms with Crippen molar-refractivity contribution in [1.82, 2.24) is 0 Å². The highest BCUT2D eigenvalue weighted by Gasteiger charge is 2.40. The van der Waals surface area contributed by atoms with Crippen molar-refractivity contribution in [1.29, 1.82) is 0 Å².